The molecule has 0 bridgehead atoms. The summed E-state index contributed by atoms with van der Waals surface area (Å²) in [5.41, 5.74) is 4.52. The summed E-state index contributed by atoms with van der Waals surface area (Å²) in [6.45, 7) is 7.02. The molecule has 1 unspecified atom stereocenters. The van der Waals surface area contributed by atoms with E-state index < -0.39 is 10.0 Å². The average molecular weight is 548 g/mol. The van der Waals surface area contributed by atoms with Crippen molar-refractivity contribution in [1.82, 2.24) is 9.29 Å². The van der Waals surface area contributed by atoms with Crippen LogP contribution >= 0.6 is 11.3 Å². The van der Waals surface area contributed by atoms with E-state index in [1.165, 1.54) is 11.3 Å². The molecule has 0 aliphatic carbocycles. The Morgan fingerprint density at radius 1 is 1.00 bits per heavy atom. The number of aryl methyl sites for hydroxylation is 2. The third kappa shape index (κ3) is 5.13. The van der Waals surface area contributed by atoms with Gasteiger partial charge in [-0.15, -0.1) is 0 Å². The summed E-state index contributed by atoms with van der Waals surface area (Å²) in [4.78, 5) is 20.7. The number of aromatic nitrogens is 1. The minimum absolute atomic E-state index is 0.0300. The SMILES string of the molecule is CCC1CCCCN1S(=O)(=O)c1ccc(C(=O)N(Cc2ccccc2)c2nc3c(C)ccc(C)c3s2)cc1. The summed E-state index contributed by atoms with van der Waals surface area (Å²) in [6, 6.07) is 20.4. The van der Waals surface area contributed by atoms with Crippen LogP contribution in [0.1, 0.15) is 59.7 Å². The van der Waals surface area contributed by atoms with Gasteiger partial charge in [0.15, 0.2) is 5.13 Å². The maximum absolute atomic E-state index is 13.9. The van der Waals surface area contributed by atoms with Crippen molar-refractivity contribution in [3.8, 4) is 0 Å². The van der Waals surface area contributed by atoms with Crippen molar-refractivity contribution in [2.45, 2.75) is 63.9 Å². The first-order valence-corrected chi connectivity index (χ1v) is 15.4. The quantitative estimate of drug-likeness (QED) is 0.258. The normalized spacial score (nSPS) is 16.6. The summed E-state index contributed by atoms with van der Waals surface area (Å²) in [7, 11) is -3.62. The highest BCUT2D eigenvalue weighted by Gasteiger charge is 2.32. The second-order valence-corrected chi connectivity index (χ2v) is 12.8. The molecular weight excluding hydrogens is 514 g/mol. The highest BCUT2D eigenvalue weighted by molar-refractivity contribution is 7.89. The molecular formula is C30H33N3O3S2. The van der Waals surface area contributed by atoms with Crippen LogP contribution in [-0.2, 0) is 16.6 Å². The molecule has 198 valence electrons. The van der Waals surface area contributed by atoms with Gasteiger partial charge in [0, 0.05) is 18.2 Å². The zero-order valence-corrected chi connectivity index (χ0v) is 23.7. The van der Waals surface area contributed by atoms with Crippen molar-refractivity contribution in [2.24, 2.45) is 0 Å². The van der Waals surface area contributed by atoms with Crippen LogP contribution in [0, 0.1) is 13.8 Å². The number of hydrogen-bond acceptors (Lipinski definition) is 5. The largest absolute Gasteiger partial charge is 0.279 e. The number of hydrogen-bond donors (Lipinski definition) is 0. The number of nitrogens with zero attached hydrogens (tertiary/aromatic N) is 3. The molecule has 1 aliphatic heterocycles. The Labute approximate surface area is 229 Å². The molecule has 2 heterocycles. The lowest BCUT2D eigenvalue weighted by atomic mass is 10.0. The van der Waals surface area contributed by atoms with Gasteiger partial charge in [0.25, 0.3) is 5.91 Å². The van der Waals surface area contributed by atoms with E-state index in [2.05, 4.69) is 19.1 Å². The van der Waals surface area contributed by atoms with Crippen LogP contribution in [0.3, 0.4) is 0 Å². The van der Waals surface area contributed by atoms with Gasteiger partial charge in [-0.25, -0.2) is 13.4 Å². The molecule has 1 saturated heterocycles. The van der Waals surface area contributed by atoms with Crippen LogP contribution in [0.4, 0.5) is 5.13 Å². The van der Waals surface area contributed by atoms with Gasteiger partial charge < -0.3 is 0 Å². The predicted octanol–water partition coefficient (Wildman–Crippen LogP) is 6.71. The summed E-state index contributed by atoms with van der Waals surface area (Å²) >= 11 is 1.51. The molecule has 1 amide bonds. The van der Waals surface area contributed by atoms with Crippen molar-refractivity contribution < 1.29 is 13.2 Å². The van der Waals surface area contributed by atoms with Crippen molar-refractivity contribution in [3.63, 3.8) is 0 Å². The summed E-state index contributed by atoms with van der Waals surface area (Å²) in [6.07, 6.45) is 3.62. The van der Waals surface area contributed by atoms with Gasteiger partial charge in [-0.05, 0) is 74.1 Å². The minimum atomic E-state index is -3.62. The number of benzene rings is 3. The van der Waals surface area contributed by atoms with Crippen molar-refractivity contribution >= 4 is 42.6 Å². The molecule has 0 N–H and O–H groups in total. The number of fused-ring (bicyclic) bond motifs is 1. The standard InChI is InChI=1S/C30H33N3O3S2/c1-4-25-12-8-9-19-33(25)38(35,36)26-17-15-24(16-18-26)29(34)32(20-23-10-6-5-7-11-23)30-31-27-21(2)13-14-22(3)28(27)37-30/h5-7,10-11,13-18,25H,4,8-9,12,19-20H2,1-3H3. The van der Waals surface area contributed by atoms with Crippen LogP contribution in [0.2, 0.25) is 0 Å². The third-order valence-electron chi connectivity index (χ3n) is 7.34. The molecule has 3 aromatic carbocycles. The van der Waals surface area contributed by atoms with Crippen LogP contribution < -0.4 is 4.90 Å². The van der Waals surface area contributed by atoms with Gasteiger partial charge in [-0.3, -0.25) is 9.69 Å². The Kier molecular flexibility index (Phi) is 7.66. The van der Waals surface area contributed by atoms with Crippen LogP contribution in [-0.4, -0.2) is 36.2 Å². The van der Waals surface area contributed by atoms with Gasteiger partial charge in [-0.1, -0.05) is 67.1 Å². The number of amides is 1. The van der Waals surface area contributed by atoms with Crippen molar-refractivity contribution in [1.29, 1.82) is 0 Å². The van der Waals surface area contributed by atoms with Crippen molar-refractivity contribution in [3.05, 3.63) is 89.0 Å². The number of carbonyl (C=O) groups is 1. The highest BCUT2D eigenvalue weighted by atomic mass is 32.2. The van der Waals surface area contributed by atoms with E-state index in [-0.39, 0.29) is 16.8 Å². The van der Waals surface area contributed by atoms with E-state index in [9.17, 15) is 13.2 Å². The maximum atomic E-state index is 13.9. The molecule has 0 radical (unpaired) electrons. The molecule has 6 nitrogen and oxygen atoms in total. The van der Waals surface area contributed by atoms with Gasteiger partial charge in [0.1, 0.15) is 0 Å². The van der Waals surface area contributed by atoms with Gasteiger partial charge in [-0.2, -0.15) is 4.31 Å². The summed E-state index contributed by atoms with van der Waals surface area (Å²) in [5, 5.41) is 0.627. The topological polar surface area (TPSA) is 70.6 Å². The molecule has 0 spiro atoms. The molecule has 4 aromatic rings. The van der Waals surface area contributed by atoms with E-state index in [1.807, 2.05) is 44.2 Å². The lowest BCUT2D eigenvalue weighted by molar-refractivity contribution is 0.0985. The van der Waals surface area contributed by atoms with Gasteiger partial charge in [0.05, 0.1) is 21.7 Å². The second-order valence-electron chi connectivity index (χ2n) is 9.95. The van der Waals surface area contributed by atoms with Crippen molar-refractivity contribution in [2.75, 3.05) is 11.4 Å². The first-order chi connectivity index (χ1) is 18.3. The Balaban J connectivity index is 1.49. The molecule has 1 atom stereocenters. The summed E-state index contributed by atoms with van der Waals surface area (Å²) < 4.78 is 29.5. The van der Waals surface area contributed by atoms with E-state index in [4.69, 9.17) is 4.98 Å². The fourth-order valence-electron chi connectivity index (χ4n) is 5.11. The third-order valence-corrected chi connectivity index (χ3v) is 10.5. The minimum Gasteiger partial charge on any atom is -0.279 e. The smallest absolute Gasteiger partial charge is 0.260 e. The van der Waals surface area contributed by atoms with E-state index in [1.54, 1.807) is 33.5 Å². The number of rotatable bonds is 7. The first-order valence-electron chi connectivity index (χ1n) is 13.1. The molecule has 38 heavy (non-hydrogen) atoms. The van der Waals surface area contributed by atoms with E-state index in [0.717, 1.165) is 52.6 Å². The fourth-order valence-corrected chi connectivity index (χ4v) is 7.99. The number of carbonyl (C=O) groups excluding carboxylic acids is 1. The Hall–Kier alpha value is -3.07. The average Bonchev–Trinajstić information content (AvgIpc) is 3.41. The number of anilines is 1. The van der Waals surface area contributed by atoms with Crippen LogP contribution in [0.25, 0.3) is 10.2 Å². The van der Waals surface area contributed by atoms with Gasteiger partial charge >= 0.3 is 0 Å². The monoisotopic (exact) mass is 547 g/mol. The van der Waals surface area contributed by atoms with E-state index >= 15 is 0 Å². The second kappa shape index (κ2) is 11.0. The predicted molar refractivity (Wildman–Crippen MR) is 154 cm³/mol. The zero-order valence-electron chi connectivity index (χ0n) is 22.1. The lowest BCUT2D eigenvalue weighted by Crippen LogP contribution is -2.43. The molecule has 8 heteroatoms. The Morgan fingerprint density at radius 3 is 2.39 bits per heavy atom. The molecule has 1 aliphatic rings. The molecule has 0 saturated carbocycles. The zero-order chi connectivity index (χ0) is 26.9. The first kappa shape index (κ1) is 26.5. The number of sulfonamides is 1. The van der Waals surface area contributed by atoms with Gasteiger partial charge in [0.2, 0.25) is 10.0 Å². The van der Waals surface area contributed by atoms with E-state index in [0.29, 0.717) is 23.8 Å². The van der Waals surface area contributed by atoms with Crippen LogP contribution in [0.5, 0.6) is 0 Å². The fraction of sp³-hybridized carbons (Fsp3) is 0.333. The Morgan fingerprint density at radius 2 is 1.71 bits per heavy atom. The lowest BCUT2D eigenvalue weighted by Gasteiger charge is -2.34. The Bertz CT molecular complexity index is 1510. The molecule has 5 rings (SSSR count). The maximum Gasteiger partial charge on any atom is 0.260 e. The molecule has 1 fully saturated rings. The highest BCUT2D eigenvalue weighted by Crippen LogP contribution is 2.35. The summed E-state index contributed by atoms with van der Waals surface area (Å²) in [5.74, 6) is -0.212. The number of piperidine rings is 1. The van der Waals surface area contributed by atoms with Crippen LogP contribution in [0.15, 0.2) is 71.6 Å². The molecule has 1 aromatic heterocycles. The number of thiazole rings is 1.